The van der Waals surface area contributed by atoms with E-state index in [9.17, 15) is 9.59 Å². The van der Waals surface area contributed by atoms with Crippen molar-refractivity contribution in [1.29, 1.82) is 0 Å². The van der Waals surface area contributed by atoms with Crippen LogP contribution in [0.2, 0.25) is 0 Å². The molecular weight excluding hydrogens is 464 g/mol. The largest absolute Gasteiger partial charge is 0.497 e. The van der Waals surface area contributed by atoms with Gasteiger partial charge in [0.05, 0.1) is 33.6 Å². The number of carbonyl (C=O) groups is 2. The first-order valence-corrected chi connectivity index (χ1v) is 11.4. The molecule has 2 amide bonds. The van der Waals surface area contributed by atoms with Gasteiger partial charge >= 0.3 is 0 Å². The second kappa shape index (κ2) is 11.4. The zero-order valence-electron chi connectivity index (χ0n) is 20.4. The highest BCUT2D eigenvalue weighted by Crippen LogP contribution is 2.36. The van der Waals surface area contributed by atoms with Crippen LogP contribution < -0.4 is 33.9 Å². The number of rotatable bonds is 10. The number of methoxy groups -OCH3 is 3. The van der Waals surface area contributed by atoms with Crippen molar-refractivity contribution >= 4 is 23.2 Å². The molecule has 0 saturated carbocycles. The van der Waals surface area contributed by atoms with E-state index in [-0.39, 0.29) is 18.1 Å². The summed E-state index contributed by atoms with van der Waals surface area (Å²) in [5.41, 5.74) is 1.37. The van der Waals surface area contributed by atoms with Crippen molar-refractivity contribution in [2.75, 3.05) is 51.3 Å². The van der Waals surface area contributed by atoms with Crippen molar-refractivity contribution in [1.82, 2.24) is 0 Å². The van der Waals surface area contributed by atoms with Crippen LogP contribution in [-0.2, 0) is 4.79 Å². The molecule has 1 aliphatic heterocycles. The highest BCUT2D eigenvalue weighted by Gasteiger charge is 2.26. The van der Waals surface area contributed by atoms with Crippen molar-refractivity contribution in [3.63, 3.8) is 0 Å². The number of amides is 2. The molecule has 9 heteroatoms. The van der Waals surface area contributed by atoms with Crippen LogP contribution in [0.4, 0.5) is 11.4 Å². The van der Waals surface area contributed by atoms with Crippen LogP contribution in [0.1, 0.15) is 16.8 Å². The molecule has 0 unspecified atom stereocenters. The number of fused-ring (bicyclic) bond motifs is 1. The molecule has 0 saturated heterocycles. The Bertz CT molecular complexity index is 1210. The minimum atomic E-state index is -0.397. The Kier molecular flexibility index (Phi) is 7.79. The van der Waals surface area contributed by atoms with E-state index in [1.807, 2.05) is 24.3 Å². The van der Waals surface area contributed by atoms with Gasteiger partial charge in [0.2, 0.25) is 0 Å². The number of hydrogen-bond acceptors (Lipinski definition) is 7. The first kappa shape index (κ1) is 24.7. The maximum atomic E-state index is 13.1. The number of anilines is 2. The highest BCUT2D eigenvalue weighted by atomic mass is 16.5. The highest BCUT2D eigenvalue weighted by molar-refractivity contribution is 6.09. The quantitative estimate of drug-likeness (QED) is 0.425. The van der Waals surface area contributed by atoms with Crippen LogP contribution in [0.15, 0.2) is 60.7 Å². The summed E-state index contributed by atoms with van der Waals surface area (Å²) in [6, 6.07) is 17.6. The predicted octanol–water partition coefficient (Wildman–Crippen LogP) is 4.16. The van der Waals surface area contributed by atoms with Gasteiger partial charge in [-0.05, 0) is 61.0 Å². The number of nitrogens with zero attached hydrogens (tertiary/aromatic N) is 1. The minimum absolute atomic E-state index is 0.0452. The van der Waals surface area contributed by atoms with Crippen LogP contribution in [0.5, 0.6) is 28.7 Å². The number of hydrogen-bond donors (Lipinski definition) is 1. The van der Waals surface area contributed by atoms with Gasteiger partial charge in [-0.3, -0.25) is 9.59 Å². The summed E-state index contributed by atoms with van der Waals surface area (Å²) in [5, 5.41) is 2.86. The zero-order chi connectivity index (χ0) is 25.5. The Morgan fingerprint density at radius 1 is 0.944 bits per heavy atom. The Morgan fingerprint density at radius 2 is 1.64 bits per heavy atom. The molecule has 0 atom stereocenters. The fourth-order valence-electron chi connectivity index (χ4n) is 3.88. The number of carbonyl (C=O) groups excluding carboxylic acids is 2. The second-order valence-corrected chi connectivity index (χ2v) is 7.89. The zero-order valence-corrected chi connectivity index (χ0v) is 20.4. The van der Waals surface area contributed by atoms with Crippen molar-refractivity contribution in [2.24, 2.45) is 0 Å². The molecule has 1 aliphatic rings. The van der Waals surface area contributed by atoms with Crippen LogP contribution in [0.3, 0.4) is 0 Å². The van der Waals surface area contributed by atoms with E-state index in [2.05, 4.69) is 5.32 Å². The SMILES string of the molecule is COc1ccc(OCCCN2C(=O)COc3ccc(NC(=O)c4c(OC)cccc4OC)cc32)cc1. The Hall–Kier alpha value is -4.40. The van der Waals surface area contributed by atoms with E-state index >= 15 is 0 Å². The molecule has 4 rings (SSSR count). The van der Waals surface area contributed by atoms with Gasteiger partial charge in [-0.2, -0.15) is 0 Å². The van der Waals surface area contributed by atoms with Gasteiger partial charge in [0.15, 0.2) is 6.61 Å². The van der Waals surface area contributed by atoms with Gasteiger partial charge in [0, 0.05) is 12.2 Å². The molecular formula is C27H28N2O7. The topological polar surface area (TPSA) is 95.6 Å². The molecule has 0 fully saturated rings. The lowest BCUT2D eigenvalue weighted by Gasteiger charge is -2.30. The van der Waals surface area contributed by atoms with Gasteiger partial charge in [-0.1, -0.05) is 6.07 Å². The smallest absolute Gasteiger partial charge is 0.265 e. The van der Waals surface area contributed by atoms with Crippen molar-refractivity contribution in [3.05, 3.63) is 66.2 Å². The van der Waals surface area contributed by atoms with Crippen LogP contribution in [0.25, 0.3) is 0 Å². The lowest BCUT2D eigenvalue weighted by atomic mass is 10.1. The average molecular weight is 493 g/mol. The summed E-state index contributed by atoms with van der Waals surface area (Å²) in [6.45, 7) is 0.815. The normalized spacial score (nSPS) is 12.3. The molecule has 0 radical (unpaired) electrons. The average Bonchev–Trinajstić information content (AvgIpc) is 2.91. The molecule has 188 valence electrons. The third-order valence-corrected chi connectivity index (χ3v) is 5.67. The molecule has 36 heavy (non-hydrogen) atoms. The van der Waals surface area contributed by atoms with E-state index in [0.717, 1.165) is 11.5 Å². The molecule has 0 bridgehead atoms. The van der Waals surface area contributed by atoms with Crippen molar-refractivity contribution in [2.45, 2.75) is 6.42 Å². The molecule has 0 aliphatic carbocycles. The van der Waals surface area contributed by atoms with Gasteiger partial charge < -0.3 is 33.9 Å². The van der Waals surface area contributed by atoms with E-state index < -0.39 is 5.91 Å². The van der Waals surface area contributed by atoms with Crippen molar-refractivity contribution in [3.8, 4) is 28.7 Å². The monoisotopic (exact) mass is 492 g/mol. The van der Waals surface area contributed by atoms with Gasteiger partial charge in [-0.25, -0.2) is 0 Å². The number of ether oxygens (including phenoxy) is 5. The van der Waals surface area contributed by atoms with E-state index in [1.54, 1.807) is 48.4 Å². The first-order chi connectivity index (χ1) is 17.5. The summed E-state index contributed by atoms with van der Waals surface area (Å²) in [5.74, 6) is 2.27. The Morgan fingerprint density at radius 3 is 2.31 bits per heavy atom. The third kappa shape index (κ3) is 5.46. The lowest BCUT2D eigenvalue weighted by molar-refractivity contribution is -0.121. The van der Waals surface area contributed by atoms with Gasteiger partial charge in [0.1, 0.15) is 34.3 Å². The van der Waals surface area contributed by atoms with E-state index in [1.165, 1.54) is 14.2 Å². The standard InChI is InChI=1S/C27H28N2O7/c1-32-19-9-11-20(12-10-19)35-15-5-14-29-21-16-18(8-13-22(21)36-17-25(29)30)28-27(31)26-23(33-2)6-4-7-24(26)34-3/h4,6-13,16H,5,14-15,17H2,1-3H3,(H,28,31). The van der Waals surface area contributed by atoms with Crippen LogP contribution >= 0.6 is 0 Å². The predicted molar refractivity (Wildman–Crippen MR) is 135 cm³/mol. The summed E-state index contributed by atoms with van der Waals surface area (Å²) >= 11 is 0. The molecule has 1 heterocycles. The van der Waals surface area contributed by atoms with E-state index in [0.29, 0.717) is 48.2 Å². The summed E-state index contributed by atoms with van der Waals surface area (Å²) in [6.07, 6.45) is 0.603. The molecule has 3 aromatic carbocycles. The number of nitrogens with one attached hydrogen (secondary N) is 1. The maximum Gasteiger partial charge on any atom is 0.265 e. The molecule has 9 nitrogen and oxygen atoms in total. The molecule has 0 aromatic heterocycles. The lowest BCUT2D eigenvalue weighted by Crippen LogP contribution is -2.39. The Labute approximate surface area is 209 Å². The van der Waals surface area contributed by atoms with Crippen molar-refractivity contribution < 1.29 is 33.3 Å². The Balaban J connectivity index is 1.45. The maximum absolute atomic E-state index is 13.1. The summed E-state index contributed by atoms with van der Waals surface area (Å²) in [7, 11) is 4.59. The summed E-state index contributed by atoms with van der Waals surface area (Å²) < 4.78 is 27.2. The fraction of sp³-hybridized carbons (Fsp3) is 0.259. The van der Waals surface area contributed by atoms with E-state index in [4.69, 9.17) is 23.7 Å². The molecule has 1 N–H and O–H groups in total. The van der Waals surface area contributed by atoms with Crippen LogP contribution in [-0.4, -0.2) is 52.9 Å². The minimum Gasteiger partial charge on any atom is -0.497 e. The van der Waals surface area contributed by atoms with Gasteiger partial charge in [0.25, 0.3) is 11.8 Å². The van der Waals surface area contributed by atoms with Crippen LogP contribution in [0, 0.1) is 0 Å². The third-order valence-electron chi connectivity index (χ3n) is 5.67. The fourth-order valence-corrected chi connectivity index (χ4v) is 3.88. The second-order valence-electron chi connectivity index (χ2n) is 7.89. The molecule has 3 aromatic rings. The summed E-state index contributed by atoms with van der Waals surface area (Å²) in [4.78, 5) is 27.4. The first-order valence-electron chi connectivity index (χ1n) is 11.4. The number of benzene rings is 3. The van der Waals surface area contributed by atoms with Gasteiger partial charge in [-0.15, -0.1) is 0 Å². The molecule has 0 spiro atoms.